The van der Waals surface area contributed by atoms with E-state index in [9.17, 15) is 9.59 Å². The first-order valence-electron chi connectivity index (χ1n) is 7.74. The highest BCUT2D eigenvalue weighted by Crippen LogP contribution is 2.28. The van der Waals surface area contributed by atoms with Gasteiger partial charge < -0.3 is 9.47 Å². The number of ether oxygens (including phenoxy) is 2. The zero-order chi connectivity index (χ0) is 17.0. The summed E-state index contributed by atoms with van der Waals surface area (Å²) in [5.74, 6) is -1.23. The molecule has 1 atom stereocenters. The van der Waals surface area contributed by atoms with Crippen LogP contribution in [0.4, 0.5) is 0 Å². The molecule has 1 aliphatic heterocycles. The van der Waals surface area contributed by atoms with E-state index in [1.807, 2.05) is 48.5 Å². The maximum atomic E-state index is 12.5. The predicted molar refractivity (Wildman–Crippen MR) is 88.3 cm³/mol. The number of rotatable bonds is 5. The Balaban J connectivity index is 1.81. The fourth-order valence-electron chi connectivity index (χ4n) is 2.46. The van der Waals surface area contributed by atoms with Gasteiger partial charge in [0.05, 0.1) is 0 Å². The summed E-state index contributed by atoms with van der Waals surface area (Å²) in [6.07, 6.45) is 0.176. The van der Waals surface area contributed by atoms with Gasteiger partial charge in [-0.1, -0.05) is 55.5 Å². The minimum absolute atomic E-state index is 0.0882. The van der Waals surface area contributed by atoms with Crippen molar-refractivity contribution in [3.8, 4) is 0 Å². The molecule has 0 amide bonds. The van der Waals surface area contributed by atoms with Crippen molar-refractivity contribution in [3.05, 3.63) is 71.8 Å². The molecule has 1 heterocycles. The normalized spacial score (nSPS) is 19.5. The highest BCUT2D eigenvalue weighted by atomic mass is 16.6. The molecule has 0 saturated carbocycles. The zero-order valence-electron chi connectivity index (χ0n) is 13.3. The Morgan fingerprint density at radius 1 is 1.08 bits per heavy atom. The summed E-state index contributed by atoms with van der Waals surface area (Å²) in [5.41, 5.74) is -0.132. The molecule has 5 heteroatoms. The summed E-state index contributed by atoms with van der Waals surface area (Å²) in [6.45, 7) is 1.80. The Hall–Kier alpha value is -2.95. The van der Waals surface area contributed by atoms with Gasteiger partial charge in [0.15, 0.2) is 0 Å². The van der Waals surface area contributed by atoms with Gasteiger partial charge in [-0.25, -0.2) is 14.6 Å². The van der Waals surface area contributed by atoms with Crippen LogP contribution in [0.1, 0.15) is 24.5 Å². The minimum Gasteiger partial charge on any atom is -0.459 e. The van der Waals surface area contributed by atoms with E-state index in [4.69, 9.17) is 9.47 Å². The third-order valence-corrected chi connectivity index (χ3v) is 3.90. The van der Waals surface area contributed by atoms with Gasteiger partial charge in [-0.05, 0) is 24.1 Å². The van der Waals surface area contributed by atoms with E-state index in [0.29, 0.717) is 5.56 Å². The molecular formula is C19H17NO4. The van der Waals surface area contributed by atoms with Crippen LogP contribution in [0.3, 0.4) is 0 Å². The van der Waals surface area contributed by atoms with Gasteiger partial charge in [0.2, 0.25) is 5.90 Å². The number of cyclic esters (lactones) is 1. The first-order valence-corrected chi connectivity index (χ1v) is 7.74. The zero-order valence-corrected chi connectivity index (χ0v) is 13.3. The van der Waals surface area contributed by atoms with Crippen molar-refractivity contribution in [1.29, 1.82) is 0 Å². The second kappa shape index (κ2) is 6.66. The molecule has 24 heavy (non-hydrogen) atoms. The Kier molecular flexibility index (Phi) is 4.42. The third kappa shape index (κ3) is 2.93. The number of esters is 2. The van der Waals surface area contributed by atoms with E-state index in [0.717, 1.165) is 5.56 Å². The molecule has 122 valence electrons. The standard InChI is InChI=1S/C19H17NO4/c1-2-19(17(21)23-13-14-9-5-3-6-10-14)18(22)24-16(20-19)15-11-7-4-8-12-15/h3-12H,2,13H2,1H3/t19-/m0/s1. The molecule has 2 aromatic rings. The van der Waals surface area contributed by atoms with E-state index in [2.05, 4.69) is 4.99 Å². The predicted octanol–water partition coefficient (Wildman–Crippen LogP) is 2.88. The molecule has 0 saturated heterocycles. The van der Waals surface area contributed by atoms with Crippen LogP contribution in [-0.2, 0) is 25.7 Å². The number of carbonyl (C=O) groups is 2. The van der Waals surface area contributed by atoms with E-state index >= 15 is 0 Å². The molecule has 0 aromatic heterocycles. The number of hydrogen-bond acceptors (Lipinski definition) is 5. The topological polar surface area (TPSA) is 65.0 Å². The molecule has 3 rings (SSSR count). The Labute approximate surface area is 139 Å². The first kappa shape index (κ1) is 15.9. The first-order chi connectivity index (χ1) is 11.7. The molecular weight excluding hydrogens is 306 g/mol. The van der Waals surface area contributed by atoms with Crippen molar-refractivity contribution >= 4 is 17.8 Å². The van der Waals surface area contributed by atoms with Crippen LogP contribution in [0.25, 0.3) is 0 Å². The number of nitrogens with zero attached hydrogens (tertiary/aromatic N) is 1. The highest BCUT2D eigenvalue weighted by Gasteiger charge is 2.53. The molecule has 0 unspecified atom stereocenters. The van der Waals surface area contributed by atoms with E-state index in [1.165, 1.54) is 0 Å². The molecule has 0 aliphatic carbocycles. The average Bonchev–Trinajstić information content (AvgIpc) is 2.99. The fourth-order valence-corrected chi connectivity index (χ4v) is 2.46. The van der Waals surface area contributed by atoms with Crippen LogP contribution in [0.5, 0.6) is 0 Å². The number of aliphatic imine (C=N–C) groups is 1. The minimum atomic E-state index is -1.63. The lowest BCUT2D eigenvalue weighted by atomic mass is 9.98. The van der Waals surface area contributed by atoms with Crippen molar-refractivity contribution in [3.63, 3.8) is 0 Å². The lowest BCUT2D eigenvalue weighted by Crippen LogP contribution is -2.43. The lowest BCUT2D eigenvalue weighted by molar-refractivity contribution is -0.159. The van der Waals surface area contributed by atoms with Gasteiger partial charge in [0, 0.05) is 5.56 Å². The molecule has 5 nitrogen and oxygen atoms in total. The van der Waals surface area contributed by atoms with Gasteiger partial charge in [0.1, 0.15) is 6.61 Å². The van der Waals surface area contributed by atoms with E-state index in [-0.39, 0.29) is 18.9 Å². The molecule has 1 aliphatic rings. The largest absolute Gasteiger partial charge is 0.459 e. The summed E-state index contributed by atoms with van der Waals surface area (Å²) in [4.78, 5) is 29.1. The van der Waals surface area contributed by atoms with Gasteiger partial charge in [-0.2, -0.15) is 0 Å². The summed E-state index contributed by atoms with van der Waals surface area (Å²) >= 11 is 0. The summed E-state index contributed by atoms with van der Waals surface area (Å²) in [6, 6.07) is 18.3. The summed E-state index contributed by atoms with van der Waals surface area (Å²) < 4.78 is 10.6. The summed E-state index contributed by atoms with van der Waals surface area (Å²) in [7, 11) is 0. The van der Waals surface area contributed by atoms with Gasteiger partial charge in [-0.15, -0.1) is 0 Å². The number of hydrogen-bond donors (Lipinski definition) is 0. The Bertz CT molecular complexity index is 770. The van der Waals surface area contributed by atoms with Crippen LogP contribution >= 0.6 is 0 Å². The van der Waals surface area contributed by atoms with Gasteiger partial charge in [0.25, 0.3) is 5.54 Å². The van der Waals surface area contributed by atoms with Gasteiger partial charge >= 0.3 is 11.9 Å². The van der Waals surface area contributed by atoms with Crippen LogP contribution in [-0.4, -0.2) is 23.4 Å². The van der Waals surface area contributed by atoms with Crippen molar-refractivity contribution in [1.82, 2.24) is 0 Å². The molecule has 0 N–H and O–H groups in total. The van der Waals surface area contributed by atoms with Crippen molar-refractivity contribution in [2.24, 2.45) is 4.99 Å². The quantitative estimate of drug-likeness (QED) is 0.627. The lowest BCUT2D eigenvalue weighted by Gasteiger charge is -2.18. The van der Waals surface area contributed by atoms with Crippen molar-refractivity contribution in [2.75, 3.05) is 0 Å². The second-order valence-corrected chi connectivity index (χ2v) is 5.45. The maximum absolute atomic E-state index is 12.5. The SMILES string of the molecule is CC[C@@]1(C(=O)OCc2ccccc2)N=C(c2ccccc2)OC1=O. The monoisotopic (exact) mass is 323 g/mol. The van der Waals surface area contributed by atoms with Crippen LogP contribution in [0, 0.1) is 0 Å². The molecule has 0 radical (unpaired) electrons. The number of carbonyl (C=O) groups excluding carboxylic acids is 2. The maximum Gasteiger partial charge on any atom is 0.352 e. The van der Waals surface area contributed by atoms with Crippen LogP contribution in [0.15, 0.2) is 65.7 Å². The smallest absolute Gasteiger partial charge is 0.352 e. The molecule has 0 fully saturated rings. The summed E-state index contributed by atoms with van der Waals surface area (Å²) in [5, 5.41) is 0. The molecule has 2 aromatic carbocycles. The Morgan fingerprint density at radius 3 is 2.33 bits per heavy atom. The van der Waals surface area contributed by atoms with E-state index in [1.54, 1.807) is 19.1 Å². The Morgan fingerprint density at radius 2 is 1.71 bits per heavy atom. The molecule has 0 bridgehead atoms. The van der Waals surface area contributed by atoms with Crippen molar-refractivity contribution in [2.45, 2.75) is 25.5 Å². The van der Waals surface area contributed by atoms with Crippen LogP contribution < -0.4 is 0 Å². The third-order valence-electron chi connectivity index (χ3n) is 3.90. The van der Waals surface area contributed by atoms with Crippen molar-refractivity contribution < 1.29 is 19.1 Å². The average molecular weight is 323 g/mol. The highest BCUT2D eigenvalue weighted by molar-refractivity contribution is 6.17. The molecule has 0 spiro atoms. The van der Waals surface area contributed by atoms with E-state index < -0.39 is 17.5 Å². The fraction of sp³-hybridized carbons (Fsp3) is 0.211. The van der Waals surface area contributed by atoms with Crippen LogP contribution in [0.2, 0.25) is 0 Å². The second-order valence-electron chi connectivity index (χ2n) is 5.45. The number of benzene rings is 2. The van der Waals surface area contributed by atoms with Gasteiger partial charge in [-0.3, -0.25) is 0 Å².